The molecule has 0 saturated carbocycles. The van der Waals surface area contributed by atoms with Crippen molar-refractivity contribution in [1.82, 2.24) is 9.13 Å². The van der Waals surface area contributed by atoms with Crippen molar-refractivity contribution < 1.29 is 17.9 Å². The van der Waals surface area contributed by atoms with Crippen LogP contribution < -0.4 is 19.9 Å². The number of sulfonamides is 1. The van der Waals surface area contributed by atoms with Crippen molar-refractivity contribution in [2.75, 3.05) is 11.8 Å². The number of rotatable bonds is 6. The van der Waals surface area contributed by atoms with Crippen LogP contribution in [-0.2, 0) is 24.1 Å². The molecule has 0 spiro atoms. The summed E-state index contributed by atoms with van der Waals surface area (Å²) in [7, 11) is 0.929. The number of nitrogens with one attached hydrogen (secondary N) is 1. The summed E-state index contributed by atoms with van der Waals surface area (Å²) in [5.74, 6) is 1.42. The van der Waals surface area contributed by atoms with E-state index in [9.17, 15) is 13.2 Å². The Morgan fingerprint density at radius 2 is 1.35 bits per heavy atom. The van der Waals surface area contributed by atoms with Crippen molar-refractivity contribution in [2.45, 2.75) is 25.7 Å². The van der Waals surface area contributed by atoms with Gasteiger partial charge in [0.25, 0.3) is 10.0 Å². The molecule has 0 amide bonds. The van der Waals surface area contributed by atoms with Gasteiger partial charge in [0.05, 0.1) is 28.7 Å². The van der Waals surface area contributed by atoms with Gasteiger partial charge in [-0.1, -0.05) is 6.07 Å². The van der Waals surface area contributed by atoms with Gasteiger partial charge in [0, 0.05) is 20.2 Å². The molecule has 1 heterocycles. The average Bonchev–Trinajstić information content (AvgIpc) is 3.00. The van der Waals surface area contributed by atoms with Gasteiger partial charge in [-0.15, -0.1) is 0 Å². The summed E-state index contributed by atoms with van der Waals surface area (Å²) in [5, 5.41) is 0. The molecule has 0 aliphatic heterocycles. The van der Waals surface area contributed by atoms with Crippen LogP contribution in [-0.4, -0.2) is 24.7 Å². The molecule has 0 aliphatic carbocycles. The normalized spacial score (nSPS) is 11.6. The molecule has 0 saturated heterocycles. The molecule has 8 nitrogen and oxygen atoms in total. The average molecular weight is 482 g/mol. The molecular formula is C25H27N3O5S. The highest BCUT2D eigenvalue weighted by molar-refractivity contribution is 7.92. The summed E-state index contributed by atoms with van der Waals surface area (Å²) in [6, 6.07) is 13.7. The molecule has 1 aromatic heterocycles. The summed E-state index contributed by atoms with van der Waals surface area (Å²) in [5.41, 5.74) is 3.71. The third kappa shape index (κ3) is 4.14. The lowest BCUT2D eigenvalue weighted by Gasteiger charge is -2.16. The minimum absolute atomic E-state index is 0.188. The number of methoxy groups -OCH3 is 1. The van der Waals surface area contributed by atoms with Crippen LogP contribution in [0.3, 0.4) is 0 Å². The number of fused-ring (bicyclic) bond motifs is 1. The molecule has 3 aromatic carbocycles. The number of benzene rings is 3. The van der Waals surface area contributed by atoms with Gasteiger partial charge >= 0.3 is 5.69 Å². The Hall–Kier alpha value is -3.72. The number of hydrogen-bond acceptors (Lipinski definition) is 5. The van der Waals surface area contributed by atoms with Crippen molar-refractivity contribution in [1.29, 1.82) is 0 Å². The van der Waals surface area contributed by atoms with Crippen LogP contribution in [0.2, 0.25) is 0 Å². The Balaban J connectivity index is 1.85. The predicted molar refractivity (Wildman–Crippen MR) is 133 cm³/mol. The molecule has 34 heavy (non-hydrogen) atoms. The van der Waals surface area contributed by atoms with Gasteiger partial charge < -0.3 is 9.47 Å². The Morgan fingerprint density at radius 3 is 1.97 bits per heavy atom. The van der Waals surface area contributed by atoms with Crippen LogP contribution in [0.15, 0.2) is 58.2 Å². The van der Waals surface area contributed by atoms with Crippen LogP contribution in [0.4, 0.5) is 5.69 Å². The van der Waals surface area contributed by atoms with E-state index in [1.807, 2.05) is 19.9 Å². The van der Waals surface area contributed by atoms with E-state index in [0.29, 0.717) is 28.1 Å². The first kappa shape index (κ1) is 23.4. The fourth-order valence-electron chi connectivity index (χ4n) is 3.88. The highest BCUT2D eigenvalue weighted by Gasteiger charge is 2.22. The number of ether oxygens (including phenoxy) is 2. The van der Waals surface area contributed by atoms with E-state index >= 15 is 0 Å². The van der Waals surface area contributed by atoms with Crippen molar-refractivity contribution in [3.8, 4) is 17.2 Å². The smallest absolute Gasteiger partial charge is 0.328 e. The zero-order chi connectivity index (χ0) is 24.8. The summed E-state index contributed by atoms with van der Waals surface area (Å²) in [6.07, 6.45) is 0. The van der Waals surface area contributed by atoms with Gasteiger partial charge in [0.15, 0.2) is 5.75 Å². The first-order valence-electron chi connectivity index (χ1n) is 10.6. The molecule has 0 fully saturated rings. The van der Waals surface area contributed by atoms with E-state index in [2.05, 4.69) is 4.72 Å². The lowest BCUT2D eigenvalue weighted by molar-refractivity contribution is 0.413. The Morgan fingerprint density at radius 1 is 0.794 bits per heavy atom. The van der Waals surface area contributed by atoms with E-state index in [1.165, 1.54) is 9.13 Å². The zero-order valence-corrected chi connectivity index (χ0v) is 20.8. The second-order valence-corrected chi connectivity index (χ2v) is 9.97. The standard InChI is InChI=1S/C25H27N3O5S/c1-15-11-17(3)24(12-16(15)2)34(30,31)26-20-13-21-22(28(5)25(29)27(21)4)14-23(20)33-19-9-7-18(32-6)8-10-19/h7-14,26H,1-6H3. The minimum Gasteiger partial charge on any atom is -0.497 e. The number of anilines is 1. The second kappa shape index (κ2) is 8.57. The maximum atomic E-state index is 13.4. The summed E-state index contributed by atoms with van der Waals surface area (Å²) in [4.78, 5) is 12.7. The molecule has 0 aliphatic rings. The highest BCUT2D eigenvalue weighted by Crippen LogP contribution is 2.36. The molecule has 178 valence electrons. The van der Waals surface area contributed by atoms with Crippen molar-refractivity contribution >= 4 is 26.7 Å². The van der Waals surface area contributed by atoms with E-state index < -0.39 is 10.0 Å². The molecule has 1 N–H and O–H groups in total. The lowest BCUT2D eigenvalue weighted by Crippen LogP contribution is -2.19. The summed E-state index contributed by atoms with van der Waals surface area (Å²) in [6.45, 7) is 5.58. The molecule has 0 bridgehead atoms. The molecule has 0 radical (unpaired) electrons. The largest absolute Gasteiger partial charge is 0.497 e. The van der Waals surface area contributed by atoms with Gasteiger partial charge in [-0.2, -0.15) is 0 Å². The third-order valence-corrected chi connectivity index (χ3v) is 7.49. The summed E-state index contributed by atoms with van der Waals surface area (Å²) >= 11 is 0. The van der Waals surface area contributed by atoms with E-state index in [0.717, 1.165) is 11.1 Å². The van der Waals surface area contributed by atoms with Gasteiger partial charge in [-0.25, -0.2) is 13.2 Å². The van der Waals surface area contributed by atoms with Gasteiger partial charge in [0.2, 0.25) is 0 Å². The zero-order valence-electron chi connectivity index (χ0n) is 20.0. The van der Waals surface area contributed by atoms with Crippen molar-refractivity contribution in [2.24, 2.45) is 14.1 Å². The fourth-order valence-corrected chi connectivity index (χ4v) is 5.26. The Bertz CT molecular complexity index is 1570. The minimum atomic E-state index is -3.94. The van der Waals surface area contributed by atoms with Crippen molar-refractivity contribution in [3.63, 3.8) is 0 Å². The first-order chi connectivity index (χ1) is 16.0. The van der Waals surface area contributed by atoms with E-state index in [-0.39, 0.29) is 22.0 Å². The van der Waals surface area contributed by atoms with E-state index in [1.54, 1.807) is 70.6 Å². The second-order valence-electron chi connectivity index (χ2n) is 8.32. The molecule has 9 heteroatoms. The first-order valence-corrected chi connectivity index (χ1v) is 12.1. The number of nitrogens with zero attached hydrogens (tertiary/aromatic N) is 2. The molecule has 0 atom stereocenters. The molecule has 0 unspecified atom stereocenters. The summed E-state index contributed by atoms with van der Waals surface area (Å²) < 4.78 is 43.7. The number of aromatic nitrogens is 2. The topological polar surface area (TPSA) is 91.6 Å². The van der Waals surface area contributed by atoms with E-state index in [4.69, 9.17) is 9.47 Å². The van der Waals surface area contributed by atoms with Crippen LogP contribution in [0, 0.1) is 20.8 Å². The Kier molecular flexibility index (Phi) is 5.91. The quantitative estimate of drug-likeness (QED) is 0.441. The fraction of sp³-hybridized carbons (Fsp3) is 0.240. The number of aryl methyl sites for hydroxylation is 5. The molecule has 4 aromatic rings. The van der Waals surface area contributed by atoms with Crippen LogP contribution in [0.1, 0.15) is 16.7 Å². The molecular weight excluding hydrogens is 454 g/mol. The van der Waals surface area contributed by atoms with Gasteiger partial charge in [-0.3, -0.25) is 13.9 Å². The number of hydrogen-bond donors (Lipinski definition) is 1. The Labute approximate surface area is 198 Å². The highest BCUT2D eigenvalue weighted by atomic mass is 32.2. The van der Waals surface area contributed by atoms with Crippen LogP contribution >= 0.6 is 0 Å². The maximum Gasteiger partial charge on any atom is 0.328 e. The van der Waals surface area contributed by atoms with Crippen molar-refractivity contribution in [3.05, 3.63) is 75.7 Å². The maximum absolute atomic E-state index is 13.4. The SMILES string of the molecule is COc1ccc(Oc2cc3c(cc2NS(=O)(=O)c2cc(C)c(C)cc2C)n(C)c(=O)n3C)cc1. The number of imidazole rings is 1. The lowest BCUT2D eigenvalue weighted by atomic mass is 10.1. The third-order valence-electron chi connectivity index (χ3n) is 5.99. The predicted octanol–water partition coefficient (Wildman–Crippen LogP) is 4.40. The van der Waals surface area contributed by atoms with Gasteiger partial charge in [0.1, 0.15) is 11.5 Å². The van der Waals surface area contributed by atoms with Crippen LogP contribution in [0.5, 0.6) is 17.2 Å². The monoisotopic (exact) mass is 481 g/mol. The molecule has 4 rings (SSSR count). The van der Waals surface area contributed by atoms with Gasteiger partial charge in [-0.05, 0) is 73.9 Å². The van der Waals surface area contributed by atoms with Crippen LogP contribution in [0.25, 0.3) is 11.0 Å².